The molecule has 0 amide bonds. The van der Waals surface area contributed by atoms with E-state index in [0.717, 1.165) is 48.2 Å². The van der Waals surface area contributed by atoms with Crippen LogP contribution in [0.4, 0.5) is 0 Å². The summed E-state index contributed by atoms with van der Waals surface area (Å²) in [5.74, 6) is -0.967. The molecule has 2 aliphatic rings. The molecule has 0 aliphatic heterocycles. The monoisotopic (exact) mass is 567 g/mol. The summed E-state index contributed by atoms with van der Waals surface area (Å²) in [6.07, 6.45) is 17.3. The average molecular weight is 568 g/mol. The largest absolute Gasteiger partial charge is 0.478 e. The van der Waals surface area contributed by atoms with E-state index in [1.807, 2.05) is 42.5 Å². The van der Waals surface area contributed by atoms with Crippen molar-refractivity contribution in [1.82, 2.24) is 9.88 Å². The van der Waals surface area contributed by atoms with Gasteiger partial charge >= 0.3 is 5.97 Å². The number of aryl methyl sites for hydroxylation is 1. The van der Waals surface area contributed by atoms with Crippen LogP contribution in [0.15, 0.2) is 65.5 Å². The molecule has 2 aliphatic carbocycles. The first kappa shape index (κ1) is 31.3. The van der Waals surface area contributed by atoms with Gasteiger partial charge in [-0.05, 0) is 73.4 Å². The predicted octanol–water partition coefficient (Wildman–Crippen LogP) is 7.72. The highest BCUT2D eigenvalue weighted by molar-refractivity contribution is 5.95. The highest BCUT2D eigenvalue weighted by Gasteiger charge is 2.19. The lowest BCUT2D eigenvalue weighted by molar-refractivity contribution is 0.0697. The number of carboxylic acids is 1. The first-order valence-corrected chi connectivity index (χ1v) is 15.8. The Hall–Kier alpha value is -3.69. The van der Waals surface area contributed by atoms with Crippen molar-refractivity contribution in [3.63, 3.8) is 0 Å². The maximum atomic E-state index is 12.7. The second-order valence-electron chi connectivity index (χ2n) is 11.7. The van der Waals surface area contributed by atoms with Crippen molar-refractivity contribution in [1.29, 1.82) is 5.26 Å². The summed E-state index contributed by atoms with van der Waals surface area (Å²) in [6.45, 7) is 2.47. The molecule has 42 heavy (non-hydrogen) atoms. The molecule has 1 aromatic heterocycles. The molecular weight excluding hydrogens is 522 g/mol. The van der Waals surface area contributed by atoms with Crippen molar-refractivity contribution in [2.45, 2.75) is 109 Å². The third-order valence-electron chi connectivity index (χ3n) is 8.62. The Morgan fingerprint density at radius 3 is 2.10 bits per heavy atom. The van der Waals surface area contributed by atoms with Crippen molar-refractivity contribution in [2.75, 3.05) is 0 Å². The first-order chi connectivity index (χ1) is 20.5. The minimum atomic E-state index is -0.967. The van der Waals surface area contributed by atoms with Crippen molar-refractivity contribution >= 4 is 5.97 Å². The normalized spacial score (nSPS) is 15.8. The Kier molecular flexibility index (Phi) is 12.0. The van der Waals surface area contributed by atoms with Crippen LogP contribution < -0.4 is 10.9 Å². The van der Waals surface area contributed by atoms with Crippen molar-refractivity contribution in [3.8, 4) is 17.2 Å². The fourth-order valence-electron chi connectivity index (χ4n) is 6.22. The average Bonchev–Trinajstić information content (AvgIpc) is 3.03. The standard InChI is InChI=1S/C24H22N2O3.C12H23N/c1-2-3-6-20-14-13-19(15-25)23(27)26(20)16-17-9-11-18(12-10-17)21-7-4-5-8-22(21)24(28)29;1-3-7-11(8-4-1)13-12-9-5-2-6-10-12/h4-5,7-14H,2-3,6,16H2,1H3,(H,28,29);11-13H,1-10H2. The lowest BCUT2D eigenvalue weighted by atomic mass is 9.91. The molecule has 2 saturated carbocycles. The third kappa shape index (κ3) is 8.66. The number of hydrogen-bond acceptors (Lipinski definition) is 4. The Morgan fingerprint density at radius 1 is 0.905 bits per heavy atom. The topological polar surface area (TPSA) is 95.1 Å². The summed E-state index contributed by atoms with van der Waals surface area (Å²) >= 11 is 0. The molecule has 3 aromatic rings. The van der Waals surface area contributed by atoms with Crippen LogP contribution in [-0.2, 0) is 13.0 Å². The molecule has 5 rings (SSSR count). The quantitative estimate of drug-likeness (QED) is 0.276. The SMILES string of the molecule is C1CCC(NC2CCCCC2)CC1.CCCCc1ccc(C#N)c(=O)n1Cc1ccc(-c2ccccc2C(=O)O)cc1. The van der Waals surface area contributed by atoms with Gasteiger partial charge in [-0.2, -0.15) is 5.26 Å². The molecule has 1 heterocycles. The van der Waals surface area contributed by atoms with Gasteiger partial charge in [0.2, 0.25) is 0 Å². The van der Waals surface area contributed by atoms with Crippen LogP contribution in [0.1, 0.15) is 111 Å². The van der Waals surface area contributed by atoms with Crippen LogP contribution >= 0.6 is 0 Å². The maximum Gasteiger partial charge on any atom is 0.336 e. The minimum absolute atomic E-state index is 0.136. The molecule has 6 heteroatoms. The predicted molar refractivity (Wildman–Crippen MR) is 169 cm³/mol. The molecule has 0 radical (unpaired) electrons. The molecule has 0 spiro atoms. The number of nitriles is 1. The fraction of sp³-hybridized carbons (Fsp3) is 0.472. The van der Waals surface area contributed by atoms with Gasteiger partial charge in [0.15, 0.2) is 0 Å². The van der Waals surface area contributed by atoms with Gasteiger partial charge in [0, 0.05) is 17.8 Å². The van der Waals surface area contributed by atoms with Crippen LogP contribution in [0.3, 0.4) is 0 Å². The molecule has 0 saturated heterocycles. The van der Waals surface area contributed by atoms with Gasteiger partial charge in [-0.15, -0.1) is 0 Å². The van der Waals surface area contributed by atoms with Crippen molar-refractivity contribution in [3.05, 3.63) is 93.4 Å². The minimum Gasteiger partial charge on any atom is -0.478 e. The summed E-state index contributed by atoms with van der Waals surface area (Å²) in [6, 6.07) is 21.5. The maximum absolute atomic E-state index is 12.7. The zero-order valence-corrected chi connectivity index (χ0v) is 25.0. The van der Waals surface area contributed by atoms with E-state index in [1.165, 1.54) is 64.2 Å². The second kappa shape index (κ2) is 16.1. The molecule has 6 nitrogen and oxygen atoms in total. The smallest absolute Gasteiger partial charge is 0.336 e. The third-order valence-corrected chi connectivity index (χ3v) is 8.62. The first-order valence-electron chi connectivity index (χ1n) is 15.8. The molecule has 0 atom stereocenters. The van der Waals surface area contributed by atoms with Crippen LogP contribution in [0, 0.1) is 11.3 Å². The highest BCUT2D eigenvalue weighted by atomic mass is 16.4. The Labute approximate surface area is 250 Å². The lowest BCUT2D eigenvalue weighted by Crippen LogP contribution is -2.40. The number of nitrogens with zero attached hydrogens (tertiary/aromatic N) is 2. The molecule has 0 bridgehead atoms. The van der Waals surface area contributed by atoms with E-state index in [0.29, 0.717) is 12.1 Å². The van der Waals surface area contributed by atoms with Gasteiger partial charge in [0.25, 0.3) is 5.56 Å². The molecule has 2 aromatic carbocycles. The van der Waals surface area contributed by atoms with Gasteiger partial charge in [0.05, 0.1) is 12.1 Å². The molecule has 0 unspecified atom stereocenters. The van der Waals surface area contributed by atoms with Crippen LogP contribution in [0.25, 0.3) is 11.1 Å². The number of unbranched alkanes of at least 4 members (excludes halogenated alkanes) is 1. The van der Waals surface area contributed by atoms with E-state index < -0.39 is 5.97 Å². The summed E-state index contributed by atoms with van der Waals surface area (Å²) in [5.41, 5.74) is 3.39. The van der Waals surface area contributed by atoms with Crippen molar-refractivity contribution in [2.24, 2.45) is 0 Å². The number of pyridine rings is 1. The van der Waals surface area contributed by atoms with E-state index in [1.54, 1.807) is 28.8 Å². The second-order valence-corrected chi connectivity index (χ2v) is 11.7. The summed E-state index contributed by atoms with van der Waals surface area (Å²) < 4.78 is 1.66. The van der Waals surface area contributed by atoms with Gasteiger partial charge < -0.3 is 15.0 Å². The summed E-state index contributed by atoms with van der Waals surface area (Å²) in [7, 11) is 0. The number of aromatic carboxylic acids is 1. The fourth-order valence-corrected chi connectivity index (χ4v) is 6.22. The van der Waals surface area contributed by atoms with E-state index in [9.17, 15) is 20.0 Å². The van der Waals surface area contributed by atoms with Crippen LogP contribution in [-0.4, -0.2) is 27.7 Å². The van der Waals surface area contributed by atoms with E-state index in [2.05, 4.69) is 12.2 Å². The highest BCUT2D eigenvalue weighted by Crippen LogP contribution is 2.25. The summed E-state index contributed by atoms with van der Waals surface area (Å²) in [5, 5.41) is 22.4. The Balaban J connectivity index is 0.000000258. The lowest BCUT2D eigenvalue weighted by Gasteiger charge is -2.30. The van der Waals surface area contributed by atoms with Crippen molar-refractivity contribution < 1.29 is 9.90 Å². The van der Waals surface area contributed by atoms with Crippen LogP contribution in [0.2, 0.25) is 0 Å². The molecular formula is C36H45N3O3. The van der Waals surface area contributed by atoms with E-state index in [4.69, 9.17) is 0 Å². The van der Waals surface area contributed by atoms with E-state index in [-0.39, 0.29) is 16.7 Å². The number of aromatic nitrogens is 1. The number of rotatable bonds is 9. The number of benzene rings is 2. The van der Waals surface area contributed by atoms with Crippen LogP contribution in [0.5, 0.6) is 0 Å². The summed E-state index contributed by atoms with van der Waals surface area (Å²) in [4.78, 5) is 24.1. The van der Waals surface area contributed by atoms with E-state index >= 15 is 0 Å². The number of nitrogens with one attached hydrogen (secondary N) is 1. The zero-order chi connectivity index (χ0) is 29.7. The number of hydrogen-bond donors (Lipinski definition) is 2. The molecule has 222 valence electrons. The van der Waals surface area contributed by atoms with Gasteiger partial charge in [-0.3, -0.25) is 4.79 Å². The van der Waals surface area contributed by atoms with Gasteiger partial charge in [-0.25, -0.2) is 4.79 Å². The molecule has 2 N–H and O–H groups in total. The van der Waals surface area contributed by atoms with Gasteiger partial charge in [-0.1, -0.05) is 94.3 Å². The molecule has 2 fully saturated rings. The Bertz CT molecular complexity index is 1380. The number of carboxylic acid groups (broad SMARTS) is 1. The zero-order valence-electron chi connectivity index (χ0n) is 25.0. The van der Waals surface area contributed by atoms with Gasteiger partial charge in [0.1, 0.15) is 11.6 Å². The number of carbonyl (C=O) groups is 1. The Morgan fingerprint density at radius 2 is 1.52 bits per heavy atom.